The van der Waals surface area contributed by atoms with Crippen molar-refractivity contribution in [1.82, 2.24) is 25.5 Å². The Morgan fingerprint density at radius 3 is 2.46 bits per heavy atom. The van der Waals surface area contributed by atoms with Crippen LogP contribution in [0.3, 0.4) is 0 Å². The number of benzene rings is 2. The number of urea groups is 1. The van der Waals surface area contributed by atoms with Gasteiger partial charge in [0.05, 0.1) is 0 Å². The third-order valence-corrected chi connectivity index (χ3v) is 5.71. The van der Waals surface area contributed by atoms with Gasteiger partial charge in [-0.05, 0) is 17.7 Å². The number of nitrogen functional groups attached to an aromatic ring is 1. The van der Waals surface area contributed by atoms with Crippen molar-refractivity contribution >= 4 is 39.6 Å². The number of carbonyl (C=O) groups excluding carboxylic acids is 2. The highest BCUT2D eigenvalue weighted by molar-refractivity contribution is 9.10. The lowest BCUT2D eigenvalue weighted by Gasteiger charge is -2.15. The summed E-state index contributed by atoms with van der Waals surface area (Å²) in [7, 11) is 1.44. The number of nitrogens with zero attached hydrogens (tertiary/aromatic N) is 3. The molecule has 4 N–H and O–H groups in total. The lowest BCUT2D eigenvalue weighted by molar-refractivity contribution is -0.119. The van der Waals surface area contributed by atoms with Crippen molar-refractivity contribution < 1.29 is 9.59 Å². The molecule has 0 fully saturated rings. The predicted molar refractivity (Wildman–Crippen MR) is 111 cm³/mol. The van der Waals surface area contributed by atoms with Crippen molar-refractivity contribution in [2.24, 2.45) is 0 Å². The molecule has 1 heterocycles. The first kappa shape index (κ1) is 19.9. The van der Waals surface area contributed by atoms with Gasteiger partial charge in [0.1, 0.15) is 5.25 Å². The number of nitrogens with one attached hydrogen (secondary N) is 2. The van der Waals surface area contributed by atoms with E-state index in [1.165, 1.54) is 11.7 Å². The molecular weight excluding hydrogens is 444 g/mol. The highest BCUT2D eigenvalue weighted by Crippen LogP contribution is 2.36. The van der Waals surface area contributed by atoms with E-state index in [0.29, 0.717) is 16.5 Å². The molecule has 144 valence electrons. The van der Waals surface area contributed by atoms with Gasteiger partial charge in [0, 0.05) is 17.1 Å². The minimum absolute atomic E-state index is 0.340. The Labute approximate surface area is 174 Å². The van der Waals surface area contributed by atoms with Gasteiger partial charge in [-0.2, -0.15) is 0 Å². The van der Waals surface area contributed by atoms with Crippen molar-refractivity contribution in [3.8, 4) is 11.4 Å². The topological polar surface area (TPSA) is 115 Å². The Kier molecular flexibility index (Phi) is 6.32. The van der Waals surface area contributed by atoms with Crippen LogP contribution in [0, 0.1) is 0 Å². The summed E-state index contributed by atoms with van der Waals surface area (Å²) in [6.07, 6.45) is 0. The molecule has 8 nitrogen and oxygen atoms in total. The molecule has 1 atom stereocenters. The number of thioether (sulfide) groups is 1. The standard InChI is InChI=1S/C18H17BrN6O2S/c1-21-17(27)22-16(26)14(11-7-3-2-4-8-11)28-18-24-23-15(25(18)20)12-9-5-6-10-13(12)19/h2-10,14H,20H2,1H3,(H2,21,22,26,27)/t14-/m0/s1. The van der Waals surface area contributed by atoms with Gasteiger partial charge < -0.3 is 11.2 Å². The minimum atomic E-state index is -0.739. The van der Waals surface area contributed by atoms with Crippen LogP contribution in [-0.4, -0.2) is 33.9 Å². The second kappa shape index (κ2) is 8.89. The summed E-state index contributed by atoms with van der Waals surface area (Å²) in [4.78, 5) is 24.2. The zero-order chi connectivity index (χ0) is 20.1. The van der Waals surface area contributed by atoms with Crippen molar-refractivity contribution in [2.75, 3.05) is 12.9 Å². The van der Waals surface area contributed by atoms with Crippen molar-refractivity contribution in [3.05, 3.63) is 64.6 Å². The first-order valence-electron chi connectivity index (χ1n) is 8.21. The normalized spacial score (nSPS) is 11.6. The van der Waals surface area contributed by atoms with E-state index in [0.717, 1.165) is 21.8 Å². The molecule has 2 aromatic carbocycles. The summed E-state index contributed by atoms with van der Waals surface area (Å²) in [5.41, 5.74) is 1.48. The molecule has 3 aromatic rings. The van der Waals surface area contributed by atoms with Crippen LogP contribution in [0.2, 0.25) is 0 Å². The van der Waals surface area contributed by atoms with Crippen LogP contribution in [0.5, 0.6) is 0 Å². The average molecular weight is 461 g/mol. The number of halogens is 1. The van der Waals surface area contributed by atoms with Gasteiger partial charge in [-0.25, -0.2) is 9.47 Å². The number of carbonyl (C=O) groups is 2. The Morgan fingerprint density at radius 2 is 1.79 bits per heavy atom. The van der Waals surface area contributed by atoms with Crippen LogP contribution in [0.15, 0.2) is 64.2 Å². The van der Waals surface area contributed by atoms with E-state index in [9.17, 15) is 9.59 Å². The highest BCUT2D eigenvalue weighted by Gasteiger charge is 2.27. The second-order valence-electron chi connectivity index (χ2n) is 5.63. The monoisotopic (exact) mass is 460 g/mol. The molecule has 0 radical (unpaired) electrons. The number of amides is 3. The fourth-order valence-corrected chi connectivity index (χ4v) is 3.85. The molecule has 0 spiro atoms. The highest BCUT2D eigenvalue weighted by atomic mass is 79.9. The summed E-state index contributed by atoms with van der Waals surface area (Å²) in [6.45, 7) is 0. The van der Waals surface area contributed by atoms with Gasteiger partial charge >= 0.3 is 6.03 Å². The van der Waals surface area contributed by atoms with Crippen LogP contribution in [0.25, 0.3) is 11.4 Å². The number of rotatable bonds is 5. The molecule has 28 heavy (non-hydrogen) atoms. The van der Waals surface area contributed by atoms with Gasteiger partial charge in [0.25, 0.3) is 0 Å². The first-order valence-corrected chi connectivity index (χ1v) is 9.88. The molecule has 0 aliphatic carbocycles. The van der Waals surface area contributed by atoms with Crippen LogP contribution in [0.1, 0.15) is 10.8 Å². The van der Waals surface area contributed by atoms with E-state index in [1.54, 1.807) is 12.1 Å². The van der Waals surface area contributed by atoms with Gasteiger partial charge in [0.2, 0.25) is 11.1 Å². The molecule has 0 unspecified atom stereocenters. The van der Waals surface area contributed by atoms with Crippen molar-refractivity contribution in [1.29, 1.82) is 0 Å². The molecule has 0 aliphatic rings. The molecule has 3 amide bonds. The maximum atomic E-state index is 12.7. The molecule has 0 aliphatic heterocycles. The molecule has 1 aromatic heterocycles. The number of hydrogen-bond acceptors (Lipinski definition) is 6. The van der Waals surface area contributed by atoms with Gasteiger partial charge in [-0.1, -0.05) is 70.2 Å². The Hall–Kier alpha value is -2.85. The molecule has 3 rings (SSSR count). The number of imide groups is 1. The summed E-state index contributed by atoms with van der Waals surface area (Å²) in [5, 5.41) is 12.6. The van der Waals surface area contributed by atoms with Crippen LogP contribution in [0.4, 0.5) is 4.79 Å². The van der Waals surface area contributed by atoms with E-state index < -0.39 is 17.2 Å². The van der Waals surface area contributed by atoms with Crippen molar-refractivity contribution in [2.45, 2.75) is 10.4 Å². The van der Waals surface area contributed by atoms with Crippen LogP contribution < -0.4 is 16.5 Å². The van der Waals surface area contributed by atoms with Crippen molar-refractivity contribution in [3.63, 3.8) is 0 Å². The fourth-order valence-electron chi connectivity index (χ4n) is 2.43. The third kappa shape index (κ3) is 4.34. The van der Waals surface area contributed by atoms with Gasteiger partial charge in [-0.3, -0.25) is 10.1 Å². The fraction of sp³-hybridized carbons (Fsp3) is 0.111. The molecule has 0 bridgehead atoms. The Bertz CT molecular complexity index is 995. The SMILES string of the molecule is CNC(=O)NC(=O)[C@@H](Sc1nnc(-c2ccccc2Br)n1N)c1ccccc1. The molecule has 10 heteroatoms. The average Bonchev–Trinajstić information content (AvgIpc) is 3.07. The lowest BCUT2D eigenvalue weighted by atomic mass is 10.1. The maximum Gasteiger partial charge on any atom is 0.321 e. The van der Waals surface area contributed by atoms with Gasteiger partial charge in [-0.15, -0.1) is 10.2 Å². The Morgan fingerprint density at radius 1 is 1.11 bits per heavy atom. The van der Waals surface area contributed by atoms with E-state index in [-0.39, 0.29) is 0 Å². The summed E-state index contributed by atoms with van der Waals surface area (Å²) in [5.74, 6) is 6.16. The first-order chi connectivity index (χ1) is 13.5. The summed E-state index contributed by atoms with van der Waals surface area (Å²) < 4.78 is 2.15. The van der Waals surface area contributed by atoms with E-state index in [2.05, 4.69) is 36.8 Å². The van der Waals surface area contributed by atoms with Crippen LogP contribution >= 0.6 is 27.7 Å². The Balaban J connectivity index is 1.92. The summed E-state index contributed by atoms with van der Waals surface area (Å²) in [6, 6.07) is 16.0. The van der Waals surface area contributed by atoms with E-state index in [4.69, 9.17) is 5.84 Å². The van der Waals surface area contributed by atoms with Gasteiger partial charge in [0.15, 0.2) is 5.82 Å². The number of aromatic nitrogens is 3. The summed E-state index contributed by atoms with van der Waals surface area (Å²) >= 11 is 4.58. The largest absolute Gasteiger partial charge is 0.341 e. The van der Waals surface area contributed by atoms with E-state index >= 15 is 0 Å². The maximum absolute atomic E-state index is 12.7. The van der Waals surface area contributed by atoms with Crippen LogP contribution in [-0.2, 0) is 4.79 Å². The van der Waals surface area contributed by atoms with E-state index in [1.807, 2.05) is 42.5 Å². The second-order valence-corrected chi connectivity index (χ2v) is 7.56. The zero-order valence-electron chi connectivity index (χ0n) is 14.8. The minimum Gasteiger partial charge on any atom is -0.341 e. The quantitative estimate of drug-likeness (QED) is 0.398. The third-order valence-electron chi connectivity index (χ3n) is 3.81. The molecule has 0 saturated heterocycles. The number of nitrogens with two attached hydrogens (primary N) is 1. The molecular formula is C18H17BrN6O2S. The molecule has 0 saturated carbocycles. The smallest absolute Gasteiger partial charge is 0.321 e. The lowest BCUT2D eigenvalue weighted by Crippen LogP contribution is -2.39. The predicted octanol–water partition coefficient (Wildman–Crippen LogP) is 2.71. The zero-order valence-corrected chi connectivity index (χ0v) is 17.2. The number of hydrogen-bond donors (Lipinski definition) is 3.